The van der Waals surface area contributed by atoms with E-state index in [0.29, 0.717) is 5.56 Å². The van der Waals surface area contributed by atoms with E-state index < -0.39 is 12.7 Å². The molecule has 0 saturated heterocycles. The second-order valence-corrected chi connectivity index (χ2v) is 6.36. The first-order valence-electron chi connectivity index (χ1n) is 7.63. The molecule has 0 atom stereocenters. The topological polar surface area (TPSA) is 66.8 Å². The Morgan fingerprint density at radius 2 is 1.96 bits per heavy atom. The summed E-state index contributed by atoms with van der Waals surface area (Å²) < 4.78 is 5.54. The molecule has 4 nitrogen and oxygen atoms in total. The molecule has 0 amide bonds. The number of fused-ring (bicyclic) bond motifs is 1. The Kier molecular flexibility index (Phi) is 4.10. The SMILES string of the molecule is CC1(C)OB(O)c2cc(CC(=O)c3cccc(CO)c3)ccc21. The molecular formula is C18H19BO4. The first kappa shape index (κ1) is 15.9. The lowest BCUT2D eigenvalue weighted by Gasteiger charge is -2.19. The minimum atomic E-state index is -0.951. The van der Waals surface area contributed by atoms with Crippen LogP contribution in [0.5, 0.6) is 0 Å². The van der Waals surface area contributed by atoms with Crippen molar-refractivity contribution in [2.75, 3.05) is 0 Å². The highest BCUT2D eigenvalue weighted by molar-refractivity contribution is 6.62. The van der Waals surface area contributed by atoms with Crippen LogP contribution in [0, 0.1) is 0 Å². The predicted molar refractivity (Wildman–Crippen MR) is 88.6 cm³/mol. The number of rotatable bonds is 4. The van der Waals surface area contributed by atoms with Crippen LogP contribution in [0.25, 0.3) is 0 Å². The van der Waals surface area contributed by atoms with Crippen LogP contribution in [-0.2, 0) is 23.3 Å². The van der Waals surface area contributed by atoms with Crippen molar-refractivity contribution in [3.63, 3.8) is 0 Å². The fourth-order valence-electron chi connectivity index (χ4n) is 3.01. The smallest absolute Gasteiger partial charge is 0.423 e. The van der Waals surface area contributed by atoms with Gasteiger partial charge in [-0.05, 0) is 42.1 Å². The third-order valence-electron chi connectivity index (χ3n) is 4.23. The summed E-state index contributed by atoms with van der Waals surface area (Å²) in [7, 11) is -0.951. The van der Waals surface area contributed by atoms with Gasteiger partial charge in [0, 0.05) is 12.0 Å². The number of aliphatic hydroxyl groups excluding tert-OH is 1. The van der Waals surface area contributed by atoms with Crippen LogP contribution < -0.4 is 5.46 Å². The molecule has 3 rings (SSSR count). The molecule has 2 aromatic carbocycles. The van der Waals surface area contributed by atoms with Gasteiger partial charge in [0.25, 0.3) is 0 Å². The van der Waals surface area contributed by atoms with E-state index >= 15 is 0 Å². The fraction of sp³-hybridized carbons (Fsp3) is 0.278. The Labute approximate surface area is 135 Å². The summed E-state index contributed by atoms with van der Waals surface area (Å²) in [6.45, 7) is 3.74. The van der Waals surface area contributed by atoms with Gasteiger partial charge in [-0.15, -0.1) is 0 Å². The van der Waals surface area contributed by atoms with Crippen LogP contribution in [0.4, 0.5) is 0 Å². The van der Waals surface area contributed by atoms with Crippen molar-refractivity contribution < 1.29 is 19.6 Å². The minimum Gasteiger partial charge on any atom is -0.423 e. The Bertz CT molecular complexity index is 754. The average molecular weight is 310 g/mol. The highest BCUT2D eigenvalue weighted by Crippen LogP contribution is 2.30. The quantitative estimate of drug-likeness (QED) is 0.664. The monoisotopic (exact) mass is 310 g/mol. The fourth-order valence-corrected chi connectivity index (χ4v) is 3.01. The molecule has 0 aliphatic carbocycles. The number of ketones is 1. The summed E-state index contributed by atoms with van der Waals surface area (Å²) in [5.74, 6) is -0.0204. The molecule has 0 saturated carbocycles. The van der Waals surface area contributed by atoms with Crippen molar-refractivity contribution in [3.8, 4) is 0 Å². The van der Waals surface area contributed by atoms with Crippen LogP contribution in [-0.4, -0.2) is 23.0 Å². The molecular weight excluding hydrogens is 291 g/mol. The number of Topliss-reactive ketones (excluding diaryl/α,β-unsaturated/α-hetero) is 1. The van der Waals surface area contributed by atoms with Gasteiger partial charge in [-0.3, -0.25) is 4.79 Å². The molecule has 2 aromatic rings. The molecule has 2 N–H and O–H groups in total. The van der Waals surface area contributed by atoms with Gasteiger partial charge in [0.2, 0.25) is 0 Å². The Hall–Kier alpha value is -1.95. The molecule has 23 heavy (non-hydrogen) atoms. The molecule has 1 heterocycles. The largest absolute Gasteiger partial charge is 0.492 e. The zero-order valence-electron chi connectivity index (χ0n) is 13.2. The van der Waals surface area contributed by atoms with Crippen molar-refractivity contribution in [1.82, 2.24) is 0 Å². The normalized spacial score (nSPS) is 15.6. The van der Waals surface area contributed by atoms with Crippen molar-refractivity contribution in [1.29, 1.82) is 0 Å². The second-order valence-electron chi connectivity index (χ2n) is 6.36. The molecule has 0 fully saturated rings. The van der Waals surface area contributed by atoms with Crippen molar-refractivity contribution in [2.45, 2.75) is 32.5 Å². The molecule has 0 radical (unpaired) electrons. The maximum atomic E-state index is 12.4. The molecule has 0 bridgehead atoms. The van der Waals surface area contributed by atoms with Crippen molar-refractivity contribution >= 4 is 18.4 Å². The number of carbonyl (C=O) groups is 1. The van der Waals surface area contributed by atoms with E-state index in [1.807, 2.05) is 32.0 Å². The highest BCUT2D eigenvalue weighted by Gasteiger charge is 2.40. The van der Waals surface area contributed by atoms with Gasteiger partial charge in [0.05, 0.1) is 12.2 Å². The Balaban J connectivity index is 1.84. The number of carbonyl (C=O) groups excluding carboxylic acids is 1. The lowest BCUT2D eigenvalue weighted by atomic mass is 9.77. The summed E-state index contributed by atoms with van der Waals surface area (Å²) in [5.41, 5.74) is 3.29. The van der Waals surface area contributed by atoms with E-state index in [-0.39, 0.29) is 18.8 Å². The van der Waals surface area contributed by atoms with E-state index in [2.05, 4.69) is 0 Å². The molecule has 118 valence electrons. The number of hydrogen-bond donors (Lipinski definition) is 2. The second kappa shape index (κ2) is 5.93. The number of benzene rings is 2. The molecule has 0 spiro atoms. The lowest BCUT2D eigenvalue weighted by Crippen LogP contribution is -2.29. The van der Waals surface area contributed by atoms with Gasteiger partial charge in [-0.1, -0.05) is 36.4 Å². The van der Waals surface area contributed by atoms with E-state index in [0.717, 1.165) is 22.2 Å². The minimum absolute atomic E-state index is 0.0204. The van der Waals surface area contributed by atoms with E-state index in [1.165, 1.54) is 0 Å². The average Bonchev–Trinajstić information content (AvgIpc) is 2.76. The van der Waals surface area contributed by atoms with Gasteiger partial charge < -0.3 is 14.8 Å². The van der Waals surface area contributed by atoms with Crippen LogP contribution in [0.15, 0.2) is 42.5 Å². The predicted octanol–water partition coefficient (Wildman–Crippen LogP) is 1.56. The molecule has 0 aromatic heterocycles. The summed E-state index contributed by atoms with van der Waals surface area (Å²) in [6, 6.07) is 12.6. The number of aliphatic hydroxyl groups is 1. The van der Waals surface area contributed by atoms with Gasteiger partial charge >= 0.3 is 7.12 Å². The zero-order valence-corrected chi connectivity index (χ0v) is 13.2. The summed E-state index contributed by atoms with van der Waals surface area (Å²) in [5, 5.41) is 19.2. The summed E-state index contributed by atoms with van der Waals surface area (Å²) in [6.07, 6.45) is 0.245. The van der Waals surface area contributed by atoms with Gasteiger partial charge in [-0.2, -0.15) is 0 Å². The molecule has 1 aliphatic heterocycles. The third-order valence-corrected chi connectivity index (χ3v) is 4.23. The third kappa shape index (κ3) is 3.08. The molecule has 1 aliphatic rings. The van der Waals surface area contributed by atoms with Gasteiger partial charge in [0.1, 0.15) is 0 Å². The highest BCUT2D eigenvalue weighted by atomic mass is 16.5. The van der Waals surface area contributed by atoms with E-state index in [1.54, 1.807) is 24.3 Å². The first-order chi connectivity index (χ1) is 10.9. The van der Waals surface area contributed by atoms with Gasteiger partial charge in [-0.25, -0.2) is 0 Å². The zero-order chi connectivity index (χ0) is 16.6. The maximum absolute atomic E-state index is 12.4. The summed E-state index contributed by atoms with van der Waals surface area (Å²) >= 11 is 0. The van der Waals surface area contributed by atoms with Crippen LogP contribution in [0.2, 0.25) is 0 Å². The number of hydrogen-bond acceptors (Lipinski definition) is 4. The van der Waals surface area contributed by atoms with Crippen LogP contribution >= 0.6 is 0 Å². The van der Waals surface area contributed by atoms with Crippen molar-refractivity contribution in [2.24, 2.45) is 0 Å². The van der Waals surface area contributed by atoms with E-state index in [9.17, 15) is 9.82 Å². The van der Waals surface area contributed by atoms with Gasteiger partial charge in [0.15, 0.2) is 5.78 Å². The van der Waals surface area contributed by atoms with Crippen molar-refractivity contribution in [3.05, 3.63) is 64.7 Å². The van der Waals surface area contributed by atoms with E-state index in [4.69, 9.17) is 9.76 Å². The Morgan fingerprint density at radius 1 is 1.17 bits per heavy atom. The summed E-state index contributed by atoms with van der Waals surface area (Å²) in [4.78, 5) is 12.4. The lowest BCUT2D eigenvalue weighted by molar-refractivity contribution is 0.0991. The van der Waals surface area contributed by atoms with Crippen LogP contribution in [0.1, 0.15) is 40.9 Å². The first-order valence-corrected chi connectivity index (χ1v) is 7.63. The molecule has 0 unspecified atom stereocenters. The Morgan fingerprint density at radius 3 is 2.70 bits per heavy atom. The standard InChI is InChI=1S/C18H19BO4/c1-18(2)15-7-6-12(9-16(15)19(22)23-18)10-17(21)14-5-3-4-13(8-14)11-20/h3-9,20,22H,10-11H2,1-2H3. The molecule has 5 heteroatoms. The maximum Gasteiger partial charge on any atom is 0.492 e. The van der Waals surface area contributed by atoms with Crippen LogP contribution in [0.3, 0.4) is 0 Å².